The number of nitrogens with zero attached hydrogens (tertiary/aromatic N) is 1. The summed E-state index contributed by atoms with van der Waals surface area (Å²) in [6, 6.07) is 0. The van der Waals surface area contributed by atoms with Crippen molar-refractivity contribution in [2.75, 3.05) is 7.11 Å². The Labute approximate surface area is 157 Å². The second kappa shape index (κ2) is 13.0. The SMILES string of the molecule is CCCCCCCCCCC(C(=O)OC)c1ncc(O)[nH]1.[H-].[Na+]. The van der Waals surface area contributed by atoms with Gasteiger partial charge in [-0.15, -0.1) is 0 Å². The molecule has 1 unspecified atom stereocenters. The number of H-pyrrole nitrogens is 1. The number of nitrogens with one attached hydrogen (secondary N) is 1. The maximum atomic E-state index is 11.8. The zero-order valence-electron chi connectivity index (χ0n) is 15.2. The van der Waals surface area contributed by atoms with Crippen LogP contribution >= 0.6 is 0 Å². The quantitative estimate of drug-likeness (QED) is 0.363. The molecule has 122 valence electrons. The minimum atomic E-state index is -0.406. The molecule has 1 aromatic heterocycles. The van der Waals surface area contributed by atoms with Crippen molar-refractivity contribution in [2.24, 2.45) is 0 Å². The average molecular weight is 320 g/mol. The largest absolute Gasteiger partial charge is 1.00 e. The van der Waals surface area contributed by atoms with Gasteiger partial charge in [0.25, 0.3) is 0 Å². The number of carbonyl (C=O) groups excluding carboxylic acids is 1. The molecule has 0 aromatic carbocycles. The molecule has 0 aliphatic rings. The number of aromatic amines is 1. The van der Waals surface area contributed by atoms with E-state index < -0.39 is 5.92 Å². The van der Waals surface area contributed by atoms with Crippen LogP contribution in [0, 0.1) is 0 Å². The maximum absolute atomic E-state index is 11.8. The summed E-state index contributed by atoms with van der Waals surface area (Å²) in [5.41, 5.74) is 0. The van der Waals surface area contributed by atoms with Crippen LogP contribution in [0.3, 0.4) is 0 Å². The Hall–Kier alpha value is -0.520. The number of ether oxygens (including phenoxy) is 1. The molecule has 1 aromatic rings. The zero-order chi connectivity index (χ0) is 15.5. The van der Waals surface area contributed by atoms with Crippen molar-refractivity contribution >= 4 is 5.97 Å². The van der Waals surface area contributed by atoms with Crippen molar-refractivity contribution in [3.05, 3.63) is 12.0 Å². The van der Waals surface area contributed by atoms with Gasteiger partial charge >= 0.3 is 35.5 Å². The van der Waals surface area contributed by atoms with Crippen LogP contribution < -0.4 is 29.6 Å². The van der Waals surface area contributed by atoms with Gasteiger partial charge in [0.1, 0.15) is 11.7 Å². The first kappa shape index (κ1) is 21.5. The molecule has 5 nitrogen and oxygen atoms in total. The van der Waals surface area contributed by atoms with Gasteiger partial charge in [-0.3, -0.25) is 4.79 Å². The standard InChI is InChI=1S/C16H28N2O3.Na.H/c1-3-4-5-6-7-8-9-10-11-13(16(20)21-2)15-17-12-14(19)18-15;;/h12-13,19H,3-11H2,1-2H3,(H,17,18);;/q;+1;-1. The monoisotopic (exact) mass is 320 g/mol. The number of hydrogen-bond donors (Lipinski definition) is 2. The van der Waals surface area contributed by atoms with Crippen LogP contribution in [0.15, 0.2) is 6.20 Å². The van der Waals surface area contributed by atoms with Gasteiger partial charge in [0, 0.05) is 0 Å². The first-order valence-corrected chi connectivity index (χ1v) is 8.00. The Kier molecular flexibility index (Phi) is 12.7. The second-order valence-electron chi connectivity index (χ2n) is 5.49. The summed E-state index contributed by atoms with van der Waals surface area (Å²) < 4.78 is 4.82. The third kappa shape index (κ3) is 8.20. The fourth-order valence-corrected chi connectivity index (χ4v) is 2.49. The van der Waals surface area contributed by atoms with Gasteiger partial charge in [-0.2, -0.15) is 0 Å². The van der Waals surface area contributed by atoms with Gasteiger partial charge in [0.05, 0.1) is 13.3 Å². The summed E-state index contributed by atoms with van der Waals surface area (Å²) in [5.74, 6) is -0.236. The van der Waals surface area contributed by atoms with Crippen molar-refractivity contribution in [2.45, 2.75) is 70.6 Å². The predicted octanol–water partition coefficient (Wildman–Crippen LogP) is 1.02. The molecule has 1 atom stereocenters. The summed E-state index contributed by atoms with van der Waals surface area (Å²) in [5, 5.41) is 9.30. The Balaban J connectivity index is 0. The van der Waals surface area contributed by atoms with E-state index in [-0.39, 0.29) is 42.8 Å². The first-order chi connectivity index (χ1) is 10.2. The van der Waals surface area contributed by atoms with E-state index in [1.165, 1.54) is 51.8 Å². The van der Waals surface area contributed by atoms with Gasteiger partial charge in [0.15, 0.2) is 0 Å². The topological polar surface area (TPSA) is 75.2 Å². The van der Waals surface area contributed by atoms with Crippen LogP contribution in [0.5, 0.6) is 5.88 Å². The second-order valence-corrected chi connectivity index (χ2v) is 5.49. The zero-order valence-corrected chi connectivity index (χ0v) is 16.2. The van der Waals surface area contributed by atoms with Gasteiger partial charge in [-0.1, -0.05) is 58.3 Å². The van der Waals surface area contributed by atoms with Crippen LogP contribution in [-0.4, -0.2) is 28.2 Å². The smallest absolute Gasteiger partial charge is 1.00 e. The molecule has 6 heteroatoms. The number of imidazole rings is 1. The minimum Gasteiger partial charge on any atom is -1.00 e. The van der Waals surface area contributed by atoms with Crippen molar-refractivity contribution in [3.8, 4) is 5.88 Å². The molecule has 2 N–H and O–H groups in total. The van der Waals surface area contributed by atoms with Crippen LogP contribution in [0.25, 0.3) is 0 Å². The van der Waals surface area contributed by atoms with E-state index in [9.17, 15) is 9.90 Å². The summed E-state index contributed by atoms with van der Waals surface area (Å²) in [7, 11) is 1.38. The van der Waals surface area contributed by atoms with Gasteiger partial charge in [0.2, 0.25) is 5.88 Å². The molecule has 0 saturated carbocycles. The molecule has 1 heterocycles. The minimum absolute atomic E-state index is 0. The first-order valence-electron chi connectivity index (χ1n) is 8.00. The molecule has 0 aliphatic heterocycles. The third-order valence-corrected chi connectivity index (χ3v) is 3.74. The van der Waals surface area contributed by atoms with E-state index in [4.69, 9.17) is 4.74 Å². The van der Waals surface area contributed by atoms with Crippen LogP contribution in [0.4, 0.5) is 0 Å². The number of esters is 1. The van der Waals surface area contributed by atoms with Gasteiger partial charge in [-0.25, -0.2) is 4.98 Å². The Bertz CT molecular complexity index is 416. The summed E-state index contributed by atoms with van der Waals surface area (Å²) in [6.45, 7) is 2.22. The predicted molar refractivity (Wildman–Crippen MR) is 83.3 cm³/mol. The molecule has 0 saturated heterocycles. The van der Waals surface area contributed by atoms with Crippen LogP contribution in [0.2, 0.25) is 0 Å². The van der Waals surface area contributed by atoms with Crippen molar-refractivity contribution < 1.29 is 45.6 Å². The third-order valence-electron chi connectivity index (χ3n) is 3.74. The molecule has 0 bridgehead atoms. The Morgan fingerprint density at radius 1 is 1.27 bits per heavy atom. The Morgan fingerprint density at radius 3 is 2.36 bits per heavy atom. The summed E-state index contributed by atoms with van der Waals surface area (Å²) in [4.78, 5) is 18.5. The number of aromatic nitrogens is 2. The maximum Gasteiger partial charge on any atom is 1.00 e. The molecule has 0 radical (unpaired) electrons. The van der Waals surface area contributed by atoms with Crippen LogP contribution in [-0.2, 0) is 9.53 Å². The average Bonchev–Trinajstić information content (AvgIpc) is 2.91. The van der Waals surface area contributed by atoms with Gasteiger partial charge < -0.3 is 16.3 Å². The number of methoxy groups -OCH3 is 1. The van der Waals surface area contributed by atoms with Crippen molar-refractivity contribution in [3.63, 3.8) is 0 Å². The molecule has 0 amide bonds. The molecular weight excluding hydrogens is 291 g/mol. The van der Waals surface area contributed by atoms with Crippen molar-refractivity contribution in [1.82, 2.24) is 9.97 Å². The Morgan fingerprint density at radius 2 is 1.86 bits per heavy atom. The normalized spacial score (nSPS) is 11.7. The molecule has 0 fully saturated rings. The van der Waals surface area contributed by atoms with Crippen LogP contribution in [0.1, 0.15) is 77.9 Å². The van der Waals surface area contributed by atoms with E-state index in [1.54, 1.807) is 0 Å². The van der Waals surface area contributed by atoms with Gasteiger partial charge in [-0.05, 0) is 6.42 Å². The van der Waals surface area contributed by atoms with E-state index in [0.717, 1.165) is 12.8 Å². The molecular formula is C16H29N2NaO3. The molecule has 0 aliphatic carbocycles. The summed E-state index contributed by atoms with van der Waals surface area (Å²) in [6.07, 6.45) is 11.8. The number of unbranched alkanes of at least 4 members (excludes halogenated alkanes) is 7. The van der Waals surface area contributed by atoms with E-state index >= 15 is 0 Å². The molecule has 22 heavy (non-hydrogen) atoms. The number of aromatic hydroxyl groups is 1. The summed E-state index contributed by atoms with van der Waals surface area (Å²) >= 11 is 0. The van der Waals surface area contributed by atoms with E-state index in [2.05, 4.69) is 16.9 Å². The fraction of sp³-hybridized carbons (Fsp3) is 0.750. The molecule has 0 spiro atoms. The van der Waals surface area contributed by atoms with E-state index in [0.29, 0.717) is 12.2 Å². The van der Waals surface area contributed by atoms with E-state index in [1.807, 2.05) is 0 Å². The molecule has 1 rings (SSSR count). The number of rotatable bonds is 11. The number of carbonyl (C=O) groups is 1. The fourth-order valence-electron chi connectivity index (χ4n) is 2.49. The van der Waals surface area contributed by atoms with Crippen molar-refractivity contribution in [1.29, 1.82) is 0 Å². The number of hydrogen-bond acceptors (Lipinski definition) is 4.